The molecule has 0 bridgehead atoms. The molecule has 6 nitrogen and oxygen atoms in total. The van der Waals surface area contributed by atoms with E-state index in [4.69, 9.17) is 0 Å². The molecule has 1 aromatic heterocycles. The first-order valence-corrected chi connectivity index (χ1v) is 10.0. The minimum Gasteiger partial charge on any atom is -0.354 e. The summed E-state index contributed by atoms with van der Waals surface area (Å²) in [4.78, 5) is 12.3. The highest BCUT2D eigenvalue weighted by atomic mass is 32.2. The van der Waals surface area contributed by atoms with Gasteiger partial charge in [-0.2, -0.15) is 0 Å². The second kappa shape index (κ2) is 6.68. The van der Waals surface area contributed by atoms with Crippen LogP contribution in [0.25, 0.3) is 0 Å². The lowest BCUT2D eigenvalue weighted by molar-refractivity contribution is 0.182. The van der Waals surface area contributed by atoms with E-state index in [9.17, 15) is 12.8 Å². The average molecular weight is 342 g/mol. The van der Waals surface area contributed by atoms with Crippen molar-refractivity contribution in [2.24, 2.45) is 0 Å². The molecule has 2 aliphatic heterocycles. The van der Waals surface area contributed by atoms with E-state index in [2.05, 4.69) is 14.9 Å². The molecule has 2 fully saturated rings. The Labute approximate surface area is 136 Å². The first-order valence-electron chi connectivity index (χ1n) is 8.19. The van der Waals surface area contributed by atoms with Gasteiger partial charge in [0.25, 0.3) is 0 Å². The summed E-state index contributed by atoms with van der Waals surface area (Å²) in [7, 11) is -2.84. The molecule has 3 heterocycles. The smallest absolute Gasteiger partial charge is 0.187 e. The van der Waals surface area contributed by atoms with Crippen LogP contribution in [-0.2, 0) is 16.3 Å². The summed E-state index contributed by atoms with van der Waals surface area (Å²) in [6.07, 6.45) is 3.80. The van der Waals surface area contributed by atoms with Crippen molar-refractivity contribution in [3.8, 4) is 0 Å². The van der Waals surface area contributed by atoms with E-state index in [-0.39, 0.29) is 17.3 Å². The molecule has 0 saturated carbocycles. The first-order chi connectivity index (χ1) is 11.0. The molecule has 0 atom stereocenters. The van der Waals surface area contributed by atoms with Crippen molar-refractivity contribution in [3.63, 3.8) is 0 Å². The highest BCUT2D eigenvalue weighted by Gasteiger charge is 2.30. The molecule has 0 radical (unpaired) electrons. The van der Waals surface area contributed by atoms with E-state index in [1.165, 1.54) is 6.33 Å². The Bertz CT molecular complexity index is 645. The fourth-order valence-electron chi connectivity index (χ4n) is 3.40. The Hall–Kier alpha value is -1.28. The molecule has 0 amide bonds. The van der Waals surface area contributed by atoms with Crippen molar-refractivity contribution in [3.05, 3.63) is 17.8 Å². The average Bonchev–Trinajstić information content (AvgIpc) is 2.55. The van der Waals surface area contributed by atoms with Crippen molar-refractivity contribution < 1.29 is 12.8 Å². The van der Waals surface area contributed by atoms with Crippen LogP contribution in [0.3, 0.4) is 0 Å². The quantitative estimate of drug-likeness (QED) is 0.812. The standard InChI is InChI=1S/C15H23FN4O2S/c1-2-13-14(16)15(18-11-17-13)20-5-3-12(4-6-20)19-7-9-23(21,22)10-8-19/h11-12H,2-10H2,1H3. The zero-order valence-electron chi connectivity index (χ0n) is 13.4. The number of halogens is 1. The summed E-state index contributed by atoms with van der Waals surface area (Å²) in [5.74, 6) is 0.607. The van der Waals surface area contributed by atoms with Crippen LogP contribution in [0.2, 0.25) is 0 Å². The Morgan fingerprint density at radius 3 is 2.43 bits per heavy atom. The lowest BCUT2D eigenvalue weighted by atomic mass is 10.0. The van der Waals surface area contributed by atoms with E-state index in [0.717, 1.165) is 25.9 Å². The minimum atomic E-state index is -2.84. The van der Waals surface area contributed by atoms with Gasteiger partial charge in [0.15, 0.2) is 21.5 Å². The van der Waals surface area contributed by atoms with E-state index >= 15 is 0 Å². The van der Waals surface area contributed by atoms with E-state index in [1.807, 2.05) is 11.8 Å². The SMILES string of the molecule is CCc1ncnc(N2CCC(N3CCS(=O)(=O)CC3)CC2)c1F. The number of nitrogens with zero attached hydrogens (tertiary/aromatic N) is 4. The second-order valence-corrected chi connectivity index (χ2v) is 8.52. The number of hydrogen-bond donors (Lipinski definition) is 0. The van der Waals surface area contributed by atoms with Gasteiger partial charge in [-0.3, -0.25) is 4.90 Å². The van der Waals surface area contributed by atoms with Gasteiger partial charge in [0.2, 0.25) is 0 Å². The Morgan fingerprint density at radius 2 is 1.83 bits per heavy atom. The van der Waals surface area contributed by atoms with Gasteiger partial charge < -0.3 is 4.90 Å². The maximum absolute atomic E-state index is 14.4. The molecule has 8 heteroatoms. The molecule has 3 rings (SSSR count). The molecule has 0 aliphatic carbocycles. The van der Waals surface area contributed by atoms with E-state index in [1.54, 1.807) is 0 Å². The van der Waals surface area contributed by atoms with Crippen LogP contribution in [0.5, 0.6) is 0 Å². The number of aryl methyl sites for hydroxylation is 1. The molecule has 1 aromatic rings. The molecular formula is C15H23FN4O2S. The normalized spacial score (nSPS) is 23.1. The second-order valence-electron chi connectivity index (χ2n) is 6.22. The van der Waals surface area contributed by atoms with Crippen molar-refractivity contribution >= 4 is 15.7 Å². The van der Waals surface area contributed by atoms with Gasteiger partial charge in [0.1, 0.15) is 6.33 Å². The molecule has 0 N–H and O–H groups in total. The lowest BCUT2D eigenvalue weighted by Gasteiger charge is -2.40. The van der Waals surface area contributed by atoms with Crippen molar-refractivity contribution in [2.45, 2.75) is 32.2 Å². The largest absolute Gasteiger partial charge is 0.354 e. The molecule has 23 heavy (non-hydrogen) atoms. The number of aromatic nitrogens is 2. The summed E-state index contributed by atoms with van der Waals surface area (Å²) >= 11 is 0. The number of hydrogen-bond acceptors (Lipinski definition) is 6. The van der Waals surface area contributed by atoms with Crippen LogP contribution in [0, 0.1) is 5.82 Å². The van der Waals surface area contributed by atoms with Crippen LogP contribution in [0.1, 0.15) is 25.5 Å². The Balaban J connectivity index is 1.61. The number of piperidine rings is 1. The lowest BCUT2D eigenvalue weighted by Crippen LogP contribution is -2.50. The van der Waals surface area contributed by atoms with Crippen molar-refractivity contribution in [1.29, 1.82) is 0 Å². The Morgan fingerprint density at radius 1 is 1.17 bits per heavy atom. The van der Waals surface area contributed by atoms with Gasteiger partial charge in [-0.25, -0.2) is 22.8 Å². The molecule has 0 spiro atoms. The number of anilines is 1. The molecule has 128 valence electrons. The number of sulfone groups is 1. The van der Waals surface area contributed by atoms with Crippen LogP contribution < -0.4 is 4.90 Å². The minimum absolute atomic E-state index is 0.258. The zero-order chi connectivity index (χ0) is 16.4. The van der Waals surface area contributed by atoms with E-state index in [0.29, 0.717) is 37.1 Å². The van der Waals surface area contributed by atoms with Crippen molar-refractivity contribution in [2.75, 3.05) is 42.6 Å². The summed E-state index contributed by atoms with van der Waals surface area (Å²) in [6.45, 7) is 4.60. The predicted octanol–water partition coefficient (Wildman–Crippen LogP) is 0.877. The fraction of sp³-hybridized carbons (Fsp3) is 0.733. The maximum atomic E-state index is 14.4. The fourth-order valence-corrected chi connectivity index (χ4v) is 4.63. The van der Waals surface area contributed by atoms with Gasteiger partial charge >= 0.3 is 0 Å². The van der Waals surface area contributed by atoms with Gasteiger partial charge in [-0.1, -0.05) is 6.92 Å². The highest BCUT2D eigenvalue weighted by Crippen LogP contribution is 2.25. The summed E-state index contributed by atoms with van der Waals surface area (Å²) in [6, 6.07) is 0.386. The van der Waals surface area contributed by atoms with Crippen LogP contribution in [0.4, 0.5) is 10.2 Å². The zero-order valence-corrected chi connectivity index (χ0v) is 14.2. The third-order valence-electron chi connectivity index (χ3n) is 4.84. The maximum Gasteiger partial charge on any atom is 0.187 e. The van der Waals surface area contributed by atoms with Crippen LogP contribution in [0.15, 0.2) is 6.33 Å². The van der Waals surface area contributed by atoms with Gasteiger partial charge in [-0.05, 0) is 19.3 Å². The molecular weight excluding hydrogens is 319 g/mol. The van der Waals surface area contributed by atoms with Crippen LogP contribution in [-0.4, -0.2) is 67.0 Å². The summed E-state index contributed by atoms with van der Waals surface area (Å²) < 4.78 is 37.4. The molecule has 0 unspecified atom stereocenters. The monoisotopic (exact) mass is 342 g/mol. The van der Waals surface area contributed by atoms with E-state index < -0.39 is 9.84 Å². The number of rotatable bonds is 3. The molecule has 2 aliphatic rings. The predicted molar refractivity (Wildman–Crippen MR) is 86.8 cm³/mol. The third kappa shape index (κ3) is 3.63. The highest BCUT2D eigenvalue weighted by molar-refractivity contribution is 7.91. The van der Waals surface area contributed by atoms with Gasteiger partial charge in [0.05, 0.1) is 17.2 Å². The first kappa shape index (κ1) is 16.6. The molecule has 2 saturated heterocycles. The van der Waals surface area contributed by atoms with Gasteiger partial charge in [-0.15, -0.1) is 0 Å². The molecule has 0 aromatic carbocycles. The van der Waals surface area contributed by atoms with Crippen LogP contribution >= 0.6 is 0 Å². The van der Waals surface area contributed by atoms with Gasteiger partial charge in [0, 0.05) is 32.2 Å². The summed E-state index contributed by atoms with van der Waals surface area (Å²) in [5, 5.41) is 0. The summed E-state index contributed by atoms with van der Waals surface area (Å²) in [5.41, 5.74) is 0.457. The third-order valence-corrected chi connectivity index (χ3v) is 6.45. The topological polar surface area (TPSA) is 66.4 Å². The Kier molecular flexibility index (Phi) is 4.82. The van der Waals surface area contributed by atoms with Crippen molar-refractivity contribution in [1.82, 2.24) is 14.9 Å².